The molecule has 2 aromatic rings. The maximum atomic E-state index is 5.65. The van der Waals surface area contributed by atoms with E-state index in [2.05, 4.69) is 18.0 Å². The van der Waals surface area contributed by atoms with Crippen LogP contribution < -0.4 is 10.5 Å². The highest BCUT2D eigenvalue weighted by molar-refractivity contribution is 5.38. The first kappa shape index (κ1) is 11.5. The molecule has 0 saturated heterocycles. The highest BCUT2D eigenvalue weighted by Gasteiger charge is 1.99. The quantitative estimate of drug-likeness (QED) is 0.872. The van der Waals surface area contributed by atoms with E-state index in [4.69, 9.17) is 10.5 Å². The number of benzene rings is 1. The Hall–Kier alpha value is -2.03. The molecule has 0 amide bonds. The first-order chi connectivity index (χ1) is 8.28. The SMILES string of the molecule is CCCc1cccc(Oc2ccc(N)cn2)c1. The summed E-state index contributed by atoms with van der Waals surface area (Å²) in [5.74, 6) is 1.38. The number of nitrogens with two attached hydrogens (primary N) is 1. The lowest BCUT2D eigenvalue weighted by Crippen LogP contribution is -1.91. The second-order valence-electron chi connectivity index (χ2n) is 3.93. The normalized spacial score (nSPS) is 10.2. The molecule has 3 nitrogen and oxygen atoms in total. The minimum absolute atomic E-state index is 0.563. The Kier molecular flexibility index (Phi) is 3.60. The van der Waals surface area contributed by atoms with Gasteiger partial charge in [-0.25, -0.2) is 4.98 Å². The Morgan fingerprint density at radius 2 is 2.12 bits per heavy atom. The topological polar surface area (TPSA) is 48.1 Å². The first-order valence-electron chi connectivity index (χ1n) is 5.76. The van der Waals surface area contributed by atoms with E-state index < -0.39 is 0 Å². The third-order valence-electron chi connectivity index (χ3n) is 2.42. The van der Waals surface area contributed by atoms with Crippen molar-refractivity contribution in [3.05, 3.63) is 48.2 Å². The van der Waals surface area contributed by atoms with Crippen LogP contribution in [0.2, 0.25) is 0 Å². The Morgan fingerprint density at radius 3 is 2.82 bits per heavy atom. The minimum atomic E-state index is 0.563. The third kappa shape index (κ3) is 3.21. The summed E-state index contributed by atoms with van der Waals surface area (Å²) >= 11 is 0. The molecule has 88 valence electrons. The highest BCUT2D eigenvalue weighted by Crippen LogP contribution is 2.21. The first-order valence-corrected chi connectivity index (χ1v) is 5.76. The summed E-state index contributed by atoms with van der Waals surface area (Å²) in [7, 11) is 0. The van der Waals surface area contributed by atoms with Gasteiger partial charge in [-0.3, -0.25) is 0 Å². The van der Waals surface area contributed by atoms with Gasteiger partial charge >= 0.3 is 0 Å². The lowest BCUT2D eigenvalue weighted by molar-refractivity contribution is 0.462. The monoisotopic (exact) mass is 228 g/mol. The molecule has 0 unspecified atom stereocenters. The molecule has 0 radical (unpaired) electrons. The second kappa shape index (κ2) is 5.34. The van der Waals surface area contributed by atoms with Gasteiger partial charge in [-0.15, -0.1) is 0 Å². The summed E-state index contributed by atoms with van der Waals surface area (Å²) in [6.45, 7) is 2.16. The van der Waals surface area contributed by atoms with Crippen LogP contribution in [0.15, 0.2) is 42.6 Å². The smallest absolute Gasteiger partial charge is 0.219 e. The zero-order valence-corrected chi connectivity index (χ0v) is 9.89. The molecular weight excluding hydrogens is 212 g/mol. The maximum Gasteiger partial charge on any atom is 0.219 e. The molecule has 17 heavy (non-hydrogen) atoms. The molecule has 2 rings (SSSR count). The van der Waals surface area contributed by atoms with Gasteiger partial charge in [0.15, 0.2) is 0 Å². The Bertz CT molecular complexity index is 480. The van der Waals surface area contributed by atoms with Crippen LogP contribution in [0.5, 0.6) is 11.6 Å². The van der Waals surface area contributed by atoms with Crippen molar-refractivity contribution < 1.29 is 4.74 Å². The van der Waals surface area contributed by atoms with E-state index in [9.17, 15) is 0 Å². The van der Waals surface area contributed by atoms with Crippen molar-refractivity contribution in [1.82, 2.24) is 4.98 Å². The fraction of sp³-hybridized carbons (Fsp3) is 0.214. The second-order valence-corrected chi connectivity index (χ2v) is 3.93. The zero-order chi connectivity index (χ0) is 12.1. The fourth-order valence-corrected chi connectivity index (χ4v) is 1.63. The van der Waals surface area contributed by atoms with Gasteiger partial charge in [0.05, 0.1) is 11.9 Å². The molecule has 1 heterocycles. The number of pyridine rings is 1. The summed E-state index contributed by atoms with van der Waals surface area (Å²) in [6.07, 6.45) is 3.78. The number of anilines is 1. The number of hydrogen-bond acceptors (Lipinski definition) is 3. The Morgan fingerprint density at radius 1 is 1.24 bits per heavy atom. The van der Waals surface area contributed by atoms with Crippen molar-refractivity contribution in [1.29, 1.82) is 0 Å². The molecule has 2 N–H and O–H groups in total. The van der Waals surface area contributed by atoms with Gasteiger partial charge in [0, 0.05) is 6.07 Å². The molecule has 1 aromatic heterocycles. The van der Waals surface area contributed by atoms with Crippen LogP contribution in [0.3, 0.4) is 0 Å². The number of nitrogens with zero attached hydrogens (tertiary/aromatic N) is 1. The molecule has 0 aliphatic rings. The molecule has 0 bridgehead atoms. The van der Waals surface area contributed by atoms with Gasteiger partial charge in [-0.1, -0.05) is 25.5 Å². The standard InChI is InChI=1S/C14H16N2O/c1-2-4-11-5-3-6-13(9-11)17-14-8-7-12(15)10-16-14/h3,5-10H,2,4,15H2,1H3. The average molecular weight is 228 g/mol. The van der Waals surface area contributed by atoms with Crippen LogP contribution >= 0.6 is 0 Å². The molecule has 0 aliphatic carbocycles. The number of aromatic nitrogens is 1. The van der Waals surface area contributed by atoms with Crippen LogP contribution in [-0.2, 0) is 6.42 Å². The van der Waals surface area contributed by atoms with Crippen LogP contribution in [0, 0.1) is 0 Å². The van der Waals surface area contributed by atoms with E-state index in [1.807, 2.05) is 18.2 Å². The van der Waals surface area contributed by atoms with Crippen molar-refractivity contribution in [3.63, 3.8) is 0 Å². The minimum Gasteiger partial charge on any atom is -0.439 e. The summed E-state index contributed by atoms with van der Waals surface area (Å²) in [5, 5.41) is 0. The molecule has 3 heteroatoms. The number of ether oxygens (including phenoxy) is 1. The Balaban J connectivity index is 2.12. The molecule has 0 spiro atoms. The summed E-state index contributed by atoms with van der Waals surface area (Å²) < 4.78 is 5.65. The van der Waals surface area contributed by atoms with Gasteiger partial charge in [0.25, 0.3) is 0 Å². The molecule has 0 saturated carbocycles. The van der Waals surface area contributed by atoms with Crippen molar-refractivity contribution in [3.8, 4) is 11.6 Å². The molecular formula is C14H16N2O. The highest BCUT2D eigenvalue weighted by atomic mass is 16.5. The number of hydrogen-bond donors (Lipinski definition) is 1. The largest absolute Gasteiger partial charge is 0.439 e. The average Bonchev–Trinajstić information content (AvgIpc) is 2.33. The number of aryl methyl sites for hydroxylation is 1. The van der Waals surface area contributed by atoms with Crippen LogP contribution in [0.1, 0.15) is 18.9 Å². The zero-order valence-electron chi connectivity index (χ0n) is 9.89. The summed E-state index contributed by atoms with van der Waals surface area (Å²) in [4.78, 5) is 4.10. The van der Waals surface area contributed by atoms with Crippen molar-refractivity contribution in [2.45, 2.75) is 19.8 Å². The summed E-state index contributed by atoms with van der Waals surface area (Å²) in [6, 6.07) is 11.6. The van der Waals surface area contributed by atoms with Crippen molar-refractivity contribution in [2.24, 2.45) is 0 Å². The van der Waals surface area contributed by atoms with E-state index in [1.54, 1.807) is 18.3 Å². The van der Waals surface area contributed by atoms with Crippen molar-refractivity contribution in [2.75, 3.05) is 5.73 Å². The predicted octanol–water partition coefficient (Wildman–Crippen LogP) is 3.41. The molecule has 0 atom stereocenters. The van der Waals surface area contributed by atoms with E-state index >= 15 is 0 Å². The van der Waals surface area contributed by atoms with Gasteiger partial charge < -0.3 is 10.5 Å². The van der Waals surface area contributed by atoms with E-state index in [-0.39, 0.29) is 0 Å². The number of nitrogen functional groups attached to an aromatic ring is 1. The van der Waals surface area contributed by atoms with E-state index in [1.165, 1.54) is 5.56 Å². The van der Waals surface area contributed by atoms with Gasteiger partial charge in [-0.05, 0) is 30.2 Å². The van der Waals surface area contributed by atoms with Gasteiger partial charge in [-0.2, -0.15) is 0 Å². The van der Waals surface area contributed by atoms with Crippen LogP contribution in [0.25, 0.3) is 0 Å². The van der Waals surface area contributed by atoms with Gasteiger partial charge in [0.2, 0.25) is 5.88 Å². The van der Waals surface area contributed by atoms with Crippen LogP contribution in [-0.4, -0.2) is 4.98 Å². The number of rotatable bonds is 4. The summed E-state index contributed by atoms with van der Waals surface area (Å²) in [5.41, 5.74) is 7.48. The molecule has 0 aliphatic heterocycles. The lowest BCUT2D eigenvalue weighted by Gasteiger charge is -2.06. The molecule has 1 aromatic carbocycles. The van der Waals surface area contributed by atoms with Crippen molar-refractivity contribution >= 4 is 5.69 Å². The fourth-order valence-electron chi connectivity index (χ4n) is 1.63. The maximum absolute atomic E-state index is 5.65. The van der Waals surface area contributed by atoms with Gasteiger partial charge in [0.1, 0.15) is 5.75 Å². The lowest BCUT2D eigenvalue weighted by atomic mass is 10.1. The predicted molar refractivity (Wildman–Crippen MR) is 69.2 cm³/mol. The van der Waals surface area contributed by atoms with E-state index in [0.29, 0.717) is 11.6 Å². The molecule has 0 fully saturated rings. The van der Waals surface area contributed by atoms with E-state index in [0.717, 1.165) is 18.6 Å². The third-order valence-corrected chi connectivity index (χ3v) is 2.42. The Labute approximate surface area is 101 Å². The van der Waals surface area contributed by atoms with Crippen LogP contribution in [0.4, 0.5) is 5.69 Å².